The van der Waals surface area contributed by atoms with Gasteiger partial charge in [-0.25, -0.2) is 23.7 Å². The van der Waals surface area contributed by atoms with E-state index < -0.39 is 23.5 Å². The van der Waals surface area contributed by atoms with Crippen LogP contribution in [-0.4, -0.2) is 37.1 Å². The molecule has 7 nitrogen and oxygen atoms in total. The molecule has 0 aromatic carbocycles. The van der Waals surface area contributed by atoms with Gasteiger partial charge >= 0.3 is 5.97 Å². The van der Waals surface area contributed by atoms with Crippen molar-refractivity contribution in [3.63, 3.8) is 0 Å². The summed E-state index contributed by atoms with van der Waals surface area (Å²) < 4.78 is 28.1. The molecule has 0 bridgehead atoms. The number of hydrogen-bond acceptors (Lipinski definition) is 5. The molecule has 0 spiro atoms. The van der Waals surface area contributed by atoms with Crippen molar-refractivity contribution in [1.82, 2.24) is 19.9 Å². The van der Waals surface area contributed by atoms with Crippen LogP contribution < -0.4 is 5.32 Å². The van der Waals surface area contributed by atoms with Gasteiger partial charge in [-0.1, -0.05) is 20.8 Å². The number of aliphatic carboxylic acids is 1. The molecular formula is C20H21F2N5O2. The number of aromatic amines is 1. The first-order chi connectivity index (χ1) is 13.6. The van der Waals surface area contributed by atoms with E-state index in [2.05, 4.69) is 25.3 Å². The van der Waals surface area contributed by atoms with Crippen LogP contribution in [0.25, 0.3) is 22.4 Å². The van der Waals surface area contributed by atoms with Crippen LogP contribution in [0, 0.1) is 28.9 Å². The highest BCUT2D eigenvalue weighted by Crippen LogP contribution is 2.47. The molecule has 0 aliphatic heterocycles. The molecule has 29 heavy (non-hydrogen) atoms. The molecule has 1 aliphatic carbocycles. The van der Waals surface area contributed by atoms with Crippen LogP contribution in [0.1, 0.15) is 27.2 Å². The van der Waals surface area contributed by atoms with Crippen LogP contribution in [0.3, 0.4) is 0 Å². The maximum Gasteiger partial charge on any atom is 0.306 e. The topological polar surface area (TPSA) is 104 Å². The van der Waals surface area contributed by atoms with Crippen LogP contribution in [-0.2, 0) is 4.79 Å². The van der Waals surface area contributed by atoms with Gasteiger partial charge in [-0.3, -0.25) is 4.79 Å². The second kappa shape index (κ2) is 6.75. The smallest absolute Gasteiger partial charge is 0.306 e. The first-order valence-electron chi connectivity index (χ1n) is 9.30. The first kappa shape index (κ1) is 19.2. The molecular weight excluding hydrogens is 380 g/mol. The first-order valence-corrected chi connectivity index (χ1v) is 9.30. The van der Waals surface area contributed by atoms with Crippen molar-refractivity contribution >= 4 is 22.8 Å². The lowest BCUT2D eigenvalue weighted by Crippen LogP contribution is -2.37. The molecule has 3 N–H and O–H groups in total. The second-order valence-electron chi connectivity index (χ2n) is 8.47. The Hall–Kier alpha value is -3.10. The van der Waals surface area contributed by atoms with Crippen LogP contribution in [0.4, 0.5) is 14.6 Å². The van der Waals surface area contributed by atoms with E-state index in [1.165, 1.54) is 6.07 Å². The monoisotopic (exact) mass is 401 g/mol. The van der Waals surface area contributed by atoms with Gasteiger partial charge in [-0.2, -0.15) is 0 Å². The number of carboxylic acid groups (broad SMARTS) is 1. The van der Waals surface area contributed by atoms with Gasteiger partial charge in [0, 0.05) is 23.2 Å². The minimum atomic E-state index is -0.844. The van der Waals surface area contributed by atoms with Gasteiger partial charge in [0.15, 0.2) is 17.5 Å². The molecule has 1 fully saturated rings. The molecule has 2 unspecified atom stereocenters. The number of aromatic nitrogens is 4. The number of fused-ring (bicyclic) bond motifs is 1. The zero-order valence-electron chi connectivity index (χ0n) is 16.2. The standard InChI is InChI=1S/C20H21F2N5O2/c1-20(2,3)15(10-5-12(10)19(28)29)26-18-14(22)8-25-17(27-18)13-7-24-16-11(13)4-9(21)6-23-16/h4,6-8,10,12,15H,5H2,1-3H3,(H,23,24)(H,28,29)(H,25,26,27)/t10?,12-,15?/m1/s1. The molecule has 3 aromatic heterocycles. The molecule has 152 valence electrons. The van der Waals surface area contributed by atoms with Crippen LogP contribution in [0.15, 0.2) is 24.7 Å². The van der Waals surface area contributed by atoms with Gasteiger partial charge in [0.05, 0.1) is 18.3 Å². The molecule has 0 amide bonds. The van der Waals surface area contributed by atoms with Gasteiger partial charge in [0.2, 0.25) is 0 Å². The summed E-state index contributed by atoms with van der Waals surface area (Å²) in [7, 11) is 0. The third-order valence-corrected chi connectivity index (χ3v) is 5.29. The number of nitrogens with zero attached hydrogens (tertiary/aromatic N) is 3. The van der Waals surface area contributed by atoms with E-state index >= 15 is 0 Å². The minimum absolute atomic E-state index is 0.00956. The highest BCUT2D eigenvalue weighted by Gasteiger charge is 2.51. The number of hydrogen-bond donors (Lipinski definition) is 3. The van der Waals surface area contributed by atoms with E-state index in [9.17, 15) is 18.7 Å². The largest absolute Gasteiger partial charge is 0.481 e. The Morgan fingerprint density at radius 1 is 1.31 bits per heavy atom. The predicted octanol–water partition coefficient (Wildman–Crippen LogP) is 3.85. The lowest BCUT2D eigenvalue weighted by Gasteiger charge is -2.32. The Labute approximate surface area is 165 Å². The molecule has 4 rings (SSSR count). The minimum Gasteiger partial charge on any atom is -0.481 e. The summed E-state index contributed by atoms with van der Waals surface area (Å²) in [5.74, 6) is -2.34. The van der Waals surface area contributed by atoms with Crippen molar-refractivity contribution < 1.29 is 18.7 Å². The van der Waals surface area contributed by atoms with Crippen molar-refractivity contribution in [3.8, 4) is 11.4 Å². The van der Waals surface area contributed by atoms with Crippen molar-refractivity contribution in [3.05, 3.63) is 36.3 Å². The zero-order chi connectivity index (χ0) is 20.9. The lowest BCUT2D eigenvalue weighted by molar-refractivity contribution is -0.139. The number of carbonyl (C=O) groups is 1. The average molecular weight is 401 g/mol. The van der Waals surface area contributed by atoms with Crippen molar-refractivity contribution in [1.29, 1.82) is 0 Å². The fourth-order valence-electron chi connectivity index (χ4n) is 3.74. The quantitative estimate of drug-likeness (QED) is 0.600. The summed E-state index contributed by atoms with van der Waals surface area (Å²) in [4.78, 5) is 26.6. The fraction of sp³-hybridized carbons (Fsp3) is 0.400. The van der Waals surface area contributed by atoms with Gasteiger partial charge in [-0.15, -0.1) is 0 Å². The molecule has 3 aromatic rings. The molecule has 1 saturated carbocycles. The van der Waals surface area contributed by atoms with Crippen molar-refractivity contribution in [2.45, 2.75) is 33.2 Å². The molecule has 1 aliphatic rings. The van der Waals surface area contributed by atoms with E-state index in [1.54, 1.807) is 6.20 Å². The normalized spacial score (nSPS) is 19.9. The maximum absolute atomic E-state index is 14.5. The van der Waals surface area contributed by atoms with Crippen LogP contribution in [0.5, 0.6) is 0 Å². The summed E-state index contributed by atoms with van der Waals surface area (Å²) in [6.07, 6.45) is 4.29. The lowest BCUT2D eigenvalue weighted by atomic mass is 9.83. The fourth-order valence-corrected chi connectivity index (χ4v) is 3.74. The van der Waals surface area contributed by atoms with Crippen molar-refractivity contribution in [2.75, 3.05) is 5.32 Å². The number of rotatable bonds is 5. The summed E-state index contributed by atoms with van der Waals surface area (Å²) in [5, 5.41) is 12.9. The Bertz CT molecular complexity index is 1090. The zero-order valence-corrected chi connectivity index (χ0v) is 16.2. The van der Waals surface area contributed by atoms with E-state index in [1.807, 2.05) is 20.8 Å². The summed E-state index contributed by atoms with van der Waals surface area (Å²) in [6.45, 7) is 5.90. The Balaban J connectivity index is 1.69. The predicted molar refractivity (Wildman–Crippen MR) is 103 cm³/mol. The van der Waals surface area contributed by atoms with Crippen molar-refractivity contribution in [2.24, 2.45) is 17.3 Å². The van der Waals surface area contributed by atoms with Gasteiger partial charge in [0.1, 0.15) is 11.5 Å². The number of pyridine rings is 1. The average Bonchev–Trinajstić information content (AvgIpc) is 3.32. The van der Waals surface area contributed by atoms with E-state index in [-0.39, 0.29) is 29.0 Å². The SMILES string of the molecule is CC(C)(C)C(Nc1nc(-c2c[nH]c3ncc(F)cc23)ncc1F)C1C[C@H]1C(=O)O. The molecule has 0 saturated heterocycles. The molecule has 9 heteroatoms. The Morgan fingerprint density at radius 3 is 2.72 bits per heavy atom. The van der Waals surface area contributed by atoms with Gasteiger partial charge in [0.25, 0.3) is 0 Å². The Kier molecular flexibility index (Phi) is 4.48. The third kappa shape index (κ3) is 3.64. The number of anilines is 1. The third-order valence-electron chi connectivity index (χ3n) is 5.29. The maximum atomic E-state index is 14.5. The number of H-pyrrole nitrogens is 1. The highest BCUT2D eigenvalue weighted by atomic mass is 19.1. The Morgan fingerprint density at radius 2 is 2.07 bits per heavy atom. The summed E-state index contributed by atoms with van der Waals surface area (Å²) >= 11 is 0. The highest BCUT2D eigenvalue weighted by molar-refractivity contribution is 5.91. The number of halogens is 2. The van der Waals surface area contributed by atoms with Crippen LogP contribution in [0.2, 0.25) is 0 Å². The van der Waals surface area contributed by atoms with E-state index in [0.29, 0.717) is 23.0 Å². The number of carboxylic acids is 1. The second-order valence-corrected chi connectivity index (χ2v) is 8.47. The summed E-state index contributed by atoms with van der Waals surface area (Å²) in [6, 6.07) is 1.02. The van der Waals surface area contributed by atoms with Gasteiger partial charge in [-0.05, 0) is 23.8 Å². The summed E-state index contributed by atoms with van der Waals surface area (Å²) in [5.41, 5.74) is 0.649. The van der Waals surface area contributed by atoms with E-state index in [0.717, 1.165) is 12.4 Å². The van der Waals surface area contributed by atoms with Gasteiger partial charge < -0.3 is 15.4 Å². The van der Waals surface area contributed by atoms with E-state index in [4.69, 9.17) is 0 Å². The number of nitrogens with one attached hydrogen (secondary N) is 2. The van der Waals surface area contributed by atoms with Crippen LogP contribution >= 0.6 is 0 Å². The molecule has 3 heterocycles. The molecule has 0 radical (unpaired) electrons. The molecule has 3 atom stereocenters.